The molecule has 1 aromatic heterocycles. The number of carboxylic acids is 1. The molecule has 0 aliphatic carbocycles. The Labute approximate surface area is 104 Å². The molecule has 0 aromatic carbocycles. The van der Waals surface area contributed by atoms with Crippen molar-refractivity contribution in [2.45, 2.75) is 13.0 Å². The van der Waals surface area contributed by atoms with E-state index in [1.54, 1.807) is 7.11 Å². The Morgan fingerprint density at radius 3 is 2.82 bits per heavy atom. The molecule has 0 aliphatic heterocycles. The van der Waals surface area contributed by atoms with Gasteiger partial charge in [0.15, 0.2) is 0 Å². The van der Waals surface area contributed by atoms with E-state index in [1.807, 2.05) is 17.5 Å². The molecule has 0 bridgehead atoms. The predicted molar refractivity (Wildman–Crippen MR) is 63.9 cm³/mol. The Hall–Kier alpha value is -1.40. The largest absolute Gasteiger partial charge is 0.481 e. The molecule has 1 N–H and O–H groups in total. The Balaban J connectivity index is 2.59. The first-order valence-corrected chi connectivity index (χ1v) is 6.02. The van der Waals surface area contributed by atoms with Crippen LogP contribution in [0.4, 0.5) is 0 Å². The minimum Gasteiger partial charge on any atom is -0.481 e. The van der Waals surface area contributed by atoms with E-state index in [-0.39, 0.29) is 5.91 Å². The Morgan fingerprint density at radius 1 is 1.53 bits per heavy atom. The summed E-state index contributed by atoms with van der Waals surface area (Å²) in [6, 6.07) is 3.81. The van der Waals surface area contributed by atoms with Crippen LogP contribution in [0.3, 0.4) is 0 Å². The molecule has 0 radical (unpaired) electrons. The maximum Gasteiger partial charge on any atom is 0.312 e. The van der Waals surface area contributed by atoms with Gasteiger partial charge in [-0.1, -0.05) is 6.07 Å². The molecule has 0 unspecified atom stereocenters. The molecule has 1 aromatic rings. The second-order valence-corrected chi connectivity index (χ2v) is 4.49. The number of thiophene rings is 1. The number of hydrogen-bond donors (Lipinski definition) is 1. The van der Waals surface area contributed by atoms with E-state index in [4.69, 9.17) is 9.84 Å². The molecule has 6 heteroatoms. The van der Waals surface area contributed by atoms with Crippen LogP contribution >= 0.6 is 11.3 Å². The van der Waals surface area contributed by atoms with Crippen LogP contribution in [0.15, 0.2) is 17.5 Å². The second kappa shape index (κ2) is 7.03. The van der Waals surface area contributed by atoms with Crippen LogP contribution in [0, 0.1) is 0 Å². The smallest absolute Gasteiger partial charge is 0.312 e. The number of rotatable bonds is 7. The topological polar surface area (TPSA) is 66.8 Å². The van der Waals surface area contributed by atoms with Gasteiger partial charge < -0.3 is 14.7 Å². The normalized spacial score (nSPS) is 10.2. The summed E-state index contributed by atoms with van der Waals surface area (Å²) in [5.41, 5.74) is 0. The van der Waals surface area contributed by atoms with Crippen molar-refractivity contribution in [2.75, 3.05) is 20.3 Å². The molecular formula is C11H15NO4S. The van der Waals surface area contributed by atoms with Crippen LogP contribution in [0.1, 0.15) is 11.3 Å². The lowest BCUT2D eigenvalue weighted by Crippen LogP contribution is -2.34. The highest BCUT2D eigenvalue weighted by Gasteiger charge is 2.17. The van der Waals surface area contributed by atoms with Crippen LogP contribution < -0.4 is 0 Å². The molecule has 17 heavy (non-hydrogen) atoms. The van der Waals surface area contributed by atoms with Gasteiger partial charge in [0.1, 0.15) is 6.42 Å². The van der Waals surface area contributed by atoms with Crippen molar-refractivity contribution < 1.29 is 19.4 Å². The molecule has 1 amide bonds. The van der Waals surface area contributed by atoms with Gasteiger partial charge in [-0.15, -0.1) is 11.3 Å². The molecule has 1 heterocycles. The van der Waals surface area contributed by atoms with Gasteiger partial charge >= 0.3 is 5.97 Å². The maximum atomic E-state index is 11.7. The number of aliphatic carboxylic acids is 1. The molecule has 5 nitrogen and oxygen atoms in total. The third-order valence-corrected chi connectivity index (χ3v) is 3.01. The van der Waals surface area contributed by atoms with Gasteiger partial charge in [-0.3, -0.25) is 9.59 Å². The van der Waals surface area contributed by atoms with Crippen molar-refractivity contribution in [1.82, 2.24) is 4.90 Å². The van der Waals surface area contributed by atoms with Crippen molar-refractivity contribution in [3.05, 3.63) is 22.4 Å². The summed E-state index contributed by atoms with van der Waals surface area (Å²) in [7, 11) is 1.55. The molecule has 0 spiro atoms. The van der Waals surface area contributed by atoms with E-state index in [9.17, 15) is 9.59 Å². The minimum absolute atomic E-state index is 0.386. The number of ether oxygens (including phenoxy) is 1. The first-order chi connectivity index (χ1) is 8.13. The van der Waals surface area contributed by atoms with Crippen LogP contribution in [0.25, 0.3) is 0 Å². The fourth-order valence-corrected chi connectivity index (χ4v) is 2.04. The van der Waals surface area contributed by atoms with Gasteiger partial charge in [-0.25, -0.2) is 0 Å². The number of hydrogen-bond acceptors (Lipinski definition) is 4. The highest BCUT2D eigenvalue weighted by atomic mass is 32.1. The molecular weight excluding hydrogens is 242 g/mol. The first kappa shape index (κ1) is 13.7. The predicted octanol–water partition coefficient (Wildman–Crippen LogP) is 1.20. The van der Waals surface area contributed by atoms with Gasteiger partial charge in [0.05, 0.1) is 13.2 Å². The van der Waals surface area contributed by atoms with E-state index in [0.717, 1.165) is 4.88 Å². The molecule has 0 fully saturated rings. The summed E-state index contributed by atoms with van der Waals surface area (Å²) < 4.78 is 4.91. The van der Waals surface area contributed by atoms with Gasteiger partial charge in [-0.2, -0.15) is 0 Å². The zero-order valence-electron chi connectivity index (χ0n) is 9.59. The van der Waals surface area contributed by atoms with E-state index >= 15 is 0 Å². The molecule has 0 atom stereocenters. The molecule has 0 saturated carbocycles. The fourth-order valence-electron chi connectivity index (χ4n) is 1.33. The zero-order valence-corrected chi connectivity index (χ0v) is 10.4. The lowest BCUT2D eigenvalue weighted by Gasteiger charge is -2.20. The SMILES string of the molecule is COCCN(Cc1cccs1)C(=O)CC(=O)O. The van der Waals surface area contributed by atoms with E-state index < -0.39 is 12.4 Å². The fraction of sp³-hybridized carbons (Fsp3) is 0.455. The standard InChI is InChI=1S/C11H15NO4S/c1-16-5-4-12(10(13)7-11(14)15)8-9-3-2-6-17-9/h2-3,6H,4-5,7-8H2,1H3,(H,14,15). The summed E-state index contributed by atoms with van der Waals surface area (Å²) in [5, 5.41) is 10.5. The van der Waals surface area contributed by atoms with Crippen LogP contribution in [0.5, 0.6) is 0 Å². The number of carbonyl (C=O) groups excluding carboxylic acids is 1. The van der Waals surface area contributed by atoms with Crippen molar-refractivity contribution in [3.8, 4) is 0 Å². The zero-order chi connectivity index (χ0) is 12.7. The summed E-state index contributed by atoms with van der Waals surface area (Å²) >= 11 is 1.54. The van der Waals surface area contributed by atoms with Crippen molar-refractivity contribution >= 4 is 23.2 Å². The first-order valence-electron chi connectivity index (χ1n) is 5.14. The average molecular weight is 257 g/mol. The number of carbonyl (C=O) groups is 2. The molecule has 94 valence electrons. The Morgan fingerprint density at radius 2 is 2.29 bits per heavy atom. The number of nitrogens with zero attached hydrogens (tertiary/aromatic N) is 1. The quantitative estimate of drug-likeness (QED) is 0.745. The van der Waals surface area contributed by atoms with Crippen LogP contribution in [-0.2, 0) is 20.9 Å². The lowest BCUT2D eigenvalue weighted by atomic mass is 10.3. The van der Waals surface area contributed by atoms with Gasteiger partial charge in [0.25, 0.3) is 0 Å². The van der Waals surface area contributed by atoms with E-state index in [0.29, 0.717) is 19.7 Å². The highest BCUT2D eigenvalue weighted by molar-refractivity contribution is 7.09. The molecule has 0 saturated heterocycles. The number of amides is 1. The minimum atomic E-state index is -1.11. The summed E-state index contributed by atoms with van der Waals surface area (Å²) in [6.45, 7) is 1.24. The van der Waals surface area contributed by atoms with Gasteiger partial charge in [-0.05, 0) is 11.4 Å². The highest BCUT2D eigenvalue weighted by Crippen LogP contribution is 2.12. The maximum absolute atomic E-state index is 11.7. The summed E-state index contributed by atoms with van der Waals surface area (Å²) in [6.07, 6.45) is -0.477. The summed E-state index contributed by atoms with van der Waals surface area (Å²) in [5.74, 6) is -1.49. The molecule has 1 rings (SSSR count). The van der Waals surface area contributed by atoms with Crippen LogP contribution in [0.2, 0.25) is 0 Å². The second-order valence-electron chi connectivity index (χ2n) is 3.46. The average Bonchev–Trinajstić information content (AvgIpc) is 2.75. The monoisotopic (exact) mass is 257 g/mol. The van der Waals surface area contributed by atoms with Gasteiger partial charge in [0.2, 0.25) is 5.91 Å². The van der Waals surface area contributed by atoms with E-state index in [1.165, 1.54) is 16.2 Å². The summed E-state index contributed by atoms with van der Waals surface area (Å²) in [4.78, 5) is 24.7. The van der Waals surface area contributed by atoms with E-state index in [2.05, 4.69) is 0 Å². The number of methoxy groups -OCH3 is 1. The Bertz CT molecular complexity index is 364. The number of carboxylic acid groups (broad SMARTS) is 1. The van der Waals surface area contributed by atoms with Crippen molar-refractivity contribution in [2.24, 2.45) is 0 Å². The van der Waals surface area contributed by atoms with Crippen molar-refractivity contribution in [3.63, 3.8) is 0 Å². The third-order valence-electron chi connectivity index (χ3n) is 2.15. The third kappa shape index (κ3) is 4.97. The molecule has 0 aliphatic rings. The van der Waals surface area contributed by atoms with Crippen LogP contribution in [-0.4, -0.2) is 42.1 Å². The van der Waals surface area contributed by atoms with Gasteiger partial charge in [0, 0.05) is 18.5 Å². The Kier molecular flexibility index (Phi) is 5.65. The van der Waals surface area contributed by atoms with Crippen molar-refractivity contribution in [1.29, 1.82) is 0 Å². The lowest BCUT2D eigenvalue weighted by molar-refractivity contribution is -0.144.